The number of hydrogen-bond donors (Lipinski definition) is 2. The molecule has 2 aromatic carbocycles. The highest BCUT2D eigenvalue weighted by atomic mass is 19.2. The maximum absolute atomic E-state index is 13.5. The summed E-state index contributed by atoms with van der Waals surface area (Å²) >= 11 is 0. The van der Waals surface area contributed by atoms with Gasteiger partial charge in [-0.15, -0.1) is 0 Å². The second-order valence-electron chi connectivity index (χ2n) is 3.91. The third-order valence-electron chi connectivity index (χ3n) is 2.59. The van der Waals surface area contributed by atoms with Crippen molar-refractivity contribution in [2.24, 2.45) is 0 Å². The van der Waals surface area contributed by atoms with E-state index in [0.29, 0.717) is 17.4 Å². The van der Waals surface area contributed by atoms with E-state index in [-0.39, 0.29) is 5.69 Å². The van der Waals surface area contributed by atoms with E-state index in [9.17, 15) is 13.2 Å². The maximum atomic E-state index is 13.5. The van der Waals surface area contributed by atoms with E-state index in [1.807, 2.05) is 0 Å². The van der Waals surface area contributed by atoms with Crippen LogP contribution in [0, 0.1) is 24.4 Å². The van der Waals surface area contributed by atoms with Gasteiger partial charge in [0, 0.05) is 12.1 Å². The van der Waals surface area contributed by atoms with Crippen LogP contribution < -0.4 is 11.1 Å². The summed E-state index contributed by atoms with van der Waals surface area (Å²) in [4.78, 5) is 0. The Hall–Kier alpha value is -2.17. The first kappa shape index (κ1) is 12.3. The number of halogens is 3. The smallest absolute Gasteiger partial charge is 0.182 e. The van der Waals surface area contributed by atoms with Gasteiger partial charge < -0.3 is 11.1 Å². The number of hydrogen-bond acceptors (Lipinski definition) is 2. The van der Waals surface area contributed by atoms with Gasteiger partial charge in [-0.2, -0.15) is 0 Å². The summed E-state index contributed by atoms with van der Waals surface area (Å²) in [5.74, 6) is -3.25. The second-order valence-corrected chi connectivity index (χ2v) is 3.91. The highest BCUT2D eigenvalue weighted by molar-refractivity contribution is 5.75. The first-order chi connectivity index (χ1) is 8.49. The van der Waals surface area contributed by atoms with Crippen LogP contribution in [-0.4, -0.2) is 0 Å². The zero-order valence-electron chi connectivity index (χ0n) is 9.60. The molecular weight excluding hydrogens is 241 g/mol. The fraction of sp³-hybridized carbons (Fsp3) is 0.0769. The van der Waals surface area contributed by atoms with Crippen LogP contribution in [0.4, 0.5) is 30.2 Å². The van der Waals surface area contributed by atoms with Crippen LogP contribution in [0.3, 0.4) is 0 Å². The van der Waals surface area contributed by atoms with Crippen molar-refractivity contribution in [2.45, 2.75) is 6.92 Å². The van der Waals surface area contributed by atoms with Crippen LogP contribution in [0.5, 0.6) is 0 Å². The lowest BCUT2D eigenvalue weighted by molar-refractivity contribution is 0.498. The molecule has 0 saturated carbocycles. The minimum atomic E-state index is -1.25. The van der Waals surface area contributed by atoms with Crippen LogP contribution in [0.25, 0.3) is 0 Å². The molecule has 0 aliphatic heterocycles. The van der Waals surface area contributed by atoms with Gasteiger partial charge in [-0.1, -0.05) is 12.1 Å². The first-order valence-corrected chi connectivity index (χ1v) is 5.25. The van der Waals surface area contributed by atoms with Crippen molar-refractivity contribution >= 4 is 17.1 Å². The Labute approximate surface area is 102 Å². The number of anilines is 3. The zero-order chi connectivity index (χ0) is 13.3. The van der Waals surface area contributed by atoms with Crippen LogP contribution in [-0.2, 0) is 0 Å². The third kappa shape index (κ3) is 2.25. The van der Waals surface area contributed by atoms with Crippen molar-refractivity contribution in [3.63, 3.8) is 0 Å². The number of nitrogens with one attached hydrogen (secondary N) is 1. The van der Waals surface area contributed by atoms with E-state index in [0.717, 1.165) is 11.6 Å². The highest BCUT2D eigenvalue weighted by Gasteiger charge is 2.12. The largest absolute Gasteiger partial charge is 0.397 e. The molecule has 2 nitrogen and oxygen atoms in total. The Morgan fingerprint density at radius 3 is 2.50 bits per heavy atom. The fourth-order valence-corrected chi connectivity index (χ4v) is 1.58. The standard InChI is InChI=1S/C13H11F3N2/c1-7-3-2-4-10(13(7)17)18-11-6-8(14)5-9(15)12(11)16/h2-6,18H,17H2,1H3. The number of benzene rings is 2. The zero-order valence-corrected chi connectivity index (χ0v) is 9.60. The van der Waals surface area contributed by atoms with Gasteiger partial charge in [0.2, 0.25) is 0 Å². The Bertz CT molecular complexity index is 597. The highest BCUT2D eigenvalue weighted by Crippen LogP contribution is 2.28. The quantitative estimate of drug-likeness (QED) is 0.631. The lowest BCUT2D eigenvalue weighted by Crippen LogP contribution is -2.01. The fourth-order valence-electron chi connectivity index (χ4n) is 1.58. The van der Waals surface area contributed by atoms with Gasteiger partial charge >= 0.3 is 0 Å². The van der Waals surface area contributed by atoms with Gasteiger partial charge in [0.15, 0.2) is 11.6 Å². The molecule has 3 N–H and O–H groups in total. The number of para-hydroxylation sites is 1. The predicted octanol–water partition coefficient (Wildman–Crippen LogP) is 3.74. The molecule has 0 fully saturated rings. The molecule has 0 aliphatic rings. The molecule has 0 spiro atoms. The topological polar surface area (TPSA) is 38.0 Å². The molecule has 18 heavy (non-hydrogen) atoms. The van der Waals surface area contributed by atoms with Crippen molar-refractivity contribution < 1.29 is 13.2 Å². The van der Waals surface area contributed by atoms with E-state index < -0.39 is 17.5 Å². The van der Waals surface area contributed by atoms with Gasteiger partial charge in [0.05, 0.1) is 17.1 Å². The minimum Gasteiger partial charge on any atom is -0.397 e. The molecule has 2 aromatic rings. The molecule has 2 rings (SSSR count). The third-order valence-corrected chi connectivity index (χ3v) is 2.59. The van der Waals surface area contributed by atoms with E-state index >= 15 is 0 Å². The number of aryl methyl sites for hydroxylation is 1. The summed E-state index contributed by atoms with van der Waals surface area (Å²) in [5.41, 5.74) is 7.09. The molecule has 94 valence electrons. The van der Waals surface area contributed by atoms with Crippen molar-refractivity contribution in [1.29, 1.82) is 0 Å². The monoisotopic (exact) mass is 252 g/mol. The molecule has 0 atom stereocenters. The average Bonchev–Trinajstić information content (AvgIpc) is 2.31. The molecule has 0 amide bonds. The molecule has 0 aliphatic carbocycles. The molecule has 0 saturated heterocycles. The van der Waals surface area contributed by atoms with Crippen LogP contribution in [0.2, 0.25) is 0 Å². The van der Waals surface area contributed by atoms with Gasteiger partial charge in [-0.3, -0.25) is 0 Å². The number of nitrogens with two attached hydrogens (primary N) is 1. The Kier molecular flexibility index (Phi) is 3.14. The van der Waals surface area contributed by atoms with Gasteiger partial charge in [0.25, 0.3) is 0 Å². The van der Waals surface area contributed by atoms with Gasteiger partial charge in [-0.25, -0.2) is 13.2 Å². The van der Waals surface area contributed by atoms with E-state index in [2.05, 4.69) is 5.32 Å². The van der Waals surface area contributed by atoms with Crippen molar-refractivity contribution in [3.8, 4) is 0 Å². The molecular formula is C13H11F3N2. The number of nitrogen functional groups attached to an aromatic ring is 1. The Morgan fingerprint density at radius 1 is 1.06 bits per heavy atom. The van der Waals surface area contributed by atoms with Crippen LogP contribution >= 0.6 is 0 Å². The molecule has 0 heterocycles. The summed E-state index contributed by atoms with van der Waals surface area (Å²) in [6.07, 6.45) is 0. The van der Waals surface area contributed by atoms with Gasteiger partial charge in [-0.05, 0) is 18.6 Å². The predicted molar refractivity (Wildman–Crippen MR) is 65.2 cm³/mol. The first-order valence-electron chi connectivity index (χ1n) is 5.25. The minimum absolute atomic E-state index is 0.287. The molecule has 0 unspecified atom stereocenters. The molecule has 0 radical (unpaired) electrons. The number of rotatable bonds is 2. The SMILES string of the molecule is Cc1cccc(Nc2cc(F)cc(F)c2F)c1N. The van der Waals surface area contributed by atoms with E-state index in [4.69, 9.17) is 5.73 Å². The van der Waals surface area contributed by atoms with E-state index in [1.165, 1.54) is 0 Å². The summed E-state index contributed by atoms with van der Waals surface area (Å²) < 4.78 is 39.5. The summed E-state index contributed by atoms with van der Waals surface area (Å²) in [6.45, 7) is 1.78. The summed E-state index contributed by atoms with van der Waals surface area (Å²) in [5, 5.41) is 2.58. The normalized spacial score (nSPS) is 10.4. The summed E-state index contributed by atoms with van der Waals surface area (Å²) in [7, 11) is 0. The lowest BCUT2D eigenvalue weighted by Gasteiger charge is -2.12. The van der Waals surface area contributed by atoms with E-state index in [1.54, 1.807) is 25.1 Å². The lowest BCUT2D eigenvalue weighted by atomic mass is 10.1. The van der Waals surface area contributed by atoms with Crippen molar-refractivity contribution in [3.05, 3.63) is 53.3 Å². The van der Waals surface area contributed by atoms with Crippen molar-refractivity contribution in [1.82, 2.24) is 0 Å². The van der Waals surface area contributed by atoms with Crippen LogP contribution in [0.1, 0.15) is 5.56 Å². The maximum Gasteiger partial charge on any atom is 0.182 e. The van der Waals surface area contributed by atoms with Crippen LogP contribution in [0.15, 0.2) is 30.3 Å². The van der Waals surface area contributed by atoms with Gasteiger partial charge in [0.1, 0.15) is 5.82 Å². The molecule has 5 heteroatoms. The molecule has 0 aromatic heterocycles. The Morgan fingerprint density at radius 2 is 1.78 bits per heavy atom. The Balaban J connectivity index is 2.43. The summed E-state index contributed by atoms with van der Waals surface area (Å²) in [6, 6.07) is 6.45. The average molecular weight is 252 g/mol. The molecule has 0 bridgehead atoms. The second kappa shape index (κ2) is 4.60. The van der Waals surface area contributed by atoms with Crippen molar-refractivity contribution in [2.75, 3.05) is 11.1 Å².